The van der Waals surface area contributed by atoms with Gasteiger partial charge in [0.2, 0.25) is 11.5 Å². The summed E-state index contributed by atoms with van der Waals surface area (Å²) >= 11 is 0. The standard InChI is InChI=1S/C26H32O9/c1-12-14-5-4-13-15-8-9-26(33,17(29)11-27)24(15,2)10-16(28)20(13)25(14,3)23-22(21(12)32)34-18(30)6-7-19(31)35-23/h13,15-16,20,27-28,33H,4-11H2,1-3H3/t13-,15-,16-,20+,24-,25-,26-/m0/s1. The molecule has 0 bridgehead atoms. The van der Waals surface area contributed by atoms with Crippen LogP contribution in [0.5, 0.6) is 0 Å². The van der Waals surface area contributed by atoms with E-state index >= 15 is 0 Å². The molecule has 190 valence electrons. The lowest BCUT2D eigenvalue weighted by atomic mass is 9.45. The predicted octanol–water partition coefficient (Wildman–Crippen LogP) is 1.48. The molecule has 0 aromatic heterocycles. The fourth-order valence-electron chi connectivity index (χ4n) is 8.22. The Hall–Kier alpha value is -2.36. The van der Waals surface area contributed by atoms with E-state index in [0.717, 1.165) is 5.57 Å². The Kier molecular flexibility index (Phi) is 5.44. The van der Waals surface area contributed by atoms with Crippen molar-refractivity contribution in [3.63, 3.8) is 0 Å². The zero-order valence-corrected chi connectivity index (χ0v) is 20.3. The Bertz CT molecular complexity index is 1100. The van der Waals surface area contributed by atoms with Crippen molar-refractivity contribution < 1.29 is 44.0 Å². The summed E-state index contributed by atoms with van der Waals surface area (Å²) in [6.45, 7) is 4.54. The van der Waals surface area contributed by atoms with Crippen LogP contribution in [0.25, 0.3) is 0 Å². The Morgan fingerprint density at radius 3 is 2.37 bits per heavy atom. The van der Waals surface area contributed by atoms with E-state index in [1.165, 1.54) is 0 Å². The summed E-state index contributed by atoms with van der Waals surface area (Å²) in [6.07, 6.45) is 0.592. The second kappa shape index (κ2) is 7.82. The number of esters is 2. The van der Waals surface area contributed by atoms with E-state index < -0.39 is 58.6 Å². The van der Waals surface area contributed by atoms with Gasteiger partial charge in [0.05, 0.1) is 24.4 Å². The molecule has 0 saturated heterocycles. The zero-order valence-electron chi connectivity index (χ0n) is 20.3. The Morgan fingerprint density at radius 1 is 1.06 bits per heavy atom. The first-order valence-corrected chi connectivity index (χ1v) is 12.4. The van der Waals surface area contributed by atoms with Crippen LogP contribution in [-0.4, -0.2) is 57.1 Å². The van der Waals surface area contributed by atoms with Crippen molar-refractivity contribution in [3.05, 3.63) is 22.7 Å². The van der Waals surface area contributed by atoms with Crippen molar-refractivity contribution in [3.8, 4) is 0 Å². The maximum atomic E-state index is 13.2. The van der Waals surface area contributed by atoms with Crippen molar-refractivity contribution in [2.24, 2.45) is 28.6 Å². The third-order valence-electron chi connectivity index (χ3n) is 9.87. The van der Waals surface area contributed by atoms with Gasteiger partial charge in [-0.15, -0.1) is 0 Å². The van der Waals surface area contributed by atoms with Crippen LogP contribution in [0.15, 0.2) is 22.7 Å². The van der Waals surface area contributed by atoms with Crippen LogP contribution in [0.1, 0.15) is 65.7 Å². The molecule has 3 saturated carbocycles. The first kappa shape index (κ1) is 24.3. The van der Waals surface area contributed by atoms with Crippen molar-refractivity contribution in [1.29, 1.82) is 0 Å². The van der Waals surface area contributed by atoms with E-state index in [1.54, 1.807) is 6.92 Å². The number of ether oxygens (including phenoxy) is 2. The average Bonchev–Trinajstić information content (AvgIpc) is 3.07. The second-order valence-corrected chi connectivity index (χ2v) is 11.2. The summed E-state index contributed by atoms with van der Waals surface area (Å²) in [4.78, 5) is 50.7. The number of aliphatic hydroxyl groups excluding tert-OH is 2. The summed E-state index contributed by atoms with van der Waals surface area (Å²) in [6, 6.07) is 0. The van der Waals surface area contributed by atoms with Gasteiger partial charge in [-0.2, -0.15) is 0 Å². The minimum absolute atomic E-state index is 0.0156. The lowest BCUT2D eigenvalue weighted by Gasteiger charge is -2.60. The number of aliphatic hydroxyl groups is 3. The molecule has 7 atom stereocenters. The van der Waals surface area contributed by atoms with Gasteiger partial charge in [-0.25, -0.2) is 0 Å². The molecule has 0 unspecified atom stereocenters. The molecule has 0 amide bonds. The molecule has 4 aliphatic carbocycles. The average molecular weight is 489 g/mol. The smallest absolute Gasteiger partial charge is 0.312 e. The molecule has 0 radical (unpaired) electrons. The van der Waals surface area contributed by atoms with Gasteiger partial charge in [0.25, 0.3) is 0 Å². The summed E-state index contributed by atoms with van der Waals surface area (Å²) < 4.78 is 11.2. The normalized spacial score (nSPS) is 43.3. The van der Waals surface area contributed by atoms with E-state index in [1.807, 2.05) is 13.8 Å². The summed E-state index contributed by atoms with van der Waals surface area (Å²) in [5, 5.41) is 32.6. The van der Waals surface area contributed by atoms with Crippen LogP contribution in [0.2, 0.25) is 0 Å². The van der Waals surface area contributed by atoms with Crippen molar-refractivity contribution in [2.45, 2.75) is 77.4 Å². The molecular formula is C26H32O9. The number of carbonyl (C=O) groups excluding carboxylic acids is 4. The molecule has 0 aromatic carbocycles. The third kappa shape index (κ3) is 3.04. The molecule has 1 aliphatic heterocycles. The van der Waals surface area contributed by atoms with Crippen LogP contribution in [0.3, 0.4) is 0 Å². The highest BCUT2D eigenvalue weighted by Crippen LogP contribution is 2.69. The highest BCUT2D eigenvalue weighted by Gasteiger charge is 2.69. The van der Waals surface area contributed by atoms with Gasteiger partial charge in [0, 0.05) is 16.9 Å². The quantitative estimate of drug-likeness (QED) is 0.492. The number of ketones is 2. The fraction of sp³-hybridized carbons (Fsp3) is 0.692. The zero-order chi connectivity index (χ0) is 25.5. The highest BCUT2D eigenvalue weighted by atomic mass is 16.6. The van der Waals surface area contributed by atoms with Crippen molar-refractivity contribution >= 4 is 23.5 Å². The highest BCUT2D eigenvalue weighted by molar-refractivity contribution is 6.10. The number of hydrogen-bond donors (Lipinski definition) is 3. The molecular weight excluding hydrogens is 456 g/mol. The molecule has 0 spiro atoms. The Labute approximate surface area is 203 Å². The van der Waals surface area contributed by atoms with Gasteiger partial charge in [-0.05, 0) is 63.4 Å². The van der Waals surface area contributed by atoms with Gasteiger partial charge in [0.15, 0.2) is 11.5 Å². The van der Waals surface area contributed by atoms with E-state index in [4.69, 9.17) is 9.47 Å². The van der Waals surface area contributed by atoms with Crippen LogP contribution in [0.4, 0.5) is 0 Å². The van der Waals surface area contributed by atoms with Crippen LogP contribution in [0, 0.1) is 28.6 Å². The minimum Gasteiger partial charge on any atom is -0.426 e. The molecule has 3 fully saturated rings. The number of allylic oxidation sites excluding steroid dienone is 2. The number of fused-ring (bicyclic) bond motifs is 6. The molecule has 1 heterocycles. The van der Waals surface area contributed by atoms with Crippen LogP contribution >= 0.6 is 0 Å². The summed E-state index contributed by atoms with van der Waals surface area (Å²) in [7, 11) is 0. The molecule has 9 nitrogen and oxygen atoms in total. The lowest BCUT2D eigenvalue weighted by Crippen LogP contribution is -2.62. The SMILES string of the molecule is CC1=C2CC[C@@H]3[C@H]([C@@H](O)C[C@@]4(C)[C@H]3CC[C@]4(O)C(=O)CO)[C@@]2(C)C2=C(OC(=O)CCC(=O)O2)C1=O. The predicted molar refractivity (Wildman–Crippen MR) is 119 cm³/mol. The van der Waals surface area contributed by atoms with E-state index in [0.29, 0.717) is 24.8 Å². The molecule has 9 heteroatoms. The van der Waals surface area contributed by atoms with Gasteiger partial charge in [-0.3, -0.25) is 19.2 Å². The van der Waals surface area contributed by atoms with Crippen molar-refractivity contribution in [2.75, 3.05) is 6.61 Å². The fourth-order valence-corrected chi connectivity index (χ4v) is 8.22. The molecule has 5 rings (SSSR count). The molecule has 3 N–H and O–H groups in total. The third-order valence-corrected chi connectivity index (χ3v) is 9.87. The second-order valence-electron chi connectivity index (χ2n) is 11.2. The van der Waals surface area contributed by atoms with Crippen LogP contribution < -0.4 is 0 Å². The van der Waals surface area contributed by atoms with Crippen LogP contribution in [-0.2, 0) is 28.7 Å². The summed E-state index contributed by atoms with van der Waals surface area (Å²) in [5.41, 5.74) is -2.57. The Balaban J connectivity index is 1.65. The minimum atomic E-state index is -1.74. The Morgan fingerprint density at radius 2 is 1.71 bits per heavy atom. The monoisotopic (exact) mass is 488 g/mol. The van der Waals surface area contributed by atoms with Gasteiger partial charge in [0.1, 0.15) is 12.2 Å². The van der Waals surface area contributed by atoms with Gasteiger partial charge < -0.3 is 24.8 Å². The maximum absolute atomic E-state index is 13.2. The molecule has 35 heavy (non-hydrogen) atoms. The lowest BCUT2D eigenvalue weighted by molar-refractivity contribution is -0.183. The van der Waals surface area contributed by atoms with E-state index in [-0.39, 0.29) is 49.0 Å². The van der Waals surface area contributed by atoms with Crippen molar-refractivity contribution in [1.82, 2.24) is 0 Å². The maximum Gasteiger partial charge on any atom is 0.312 e. The topological polar surface area (TPSA) is 147 Å². The van der Waals surface area contributed by atoms with Gasteiger partial charge >= 0.3 is 11.9 Å². The number of carbonyl (C=O) groups is 4. The van der Waals surface area contributed by atoms with Gasteiger partial charge in [-0.1, -0.05) is 6.92 Å². The number of rotatable bonds is 2. The van der Waals surface area contributed by atoms with E-state index in [9.17, 15) is 34.5 Å². The summed E-state index contributed by atoms with van der Waals surface area (Å²) in [5.74, 6) is -3.54. The number of Topliss-reactive ketones (excluding diaryl/α,β-unsaturated/α-hetero) is 2. The molecule has 5 aliphatic rings. The largest absolute Gasteiger partial charge is 0.426 e. The first-order valence-electron chi connectivity index (χ1n) is 12.4. The first-order chi connectivity index (χ1) is 16.4. The van der Waals surface area contributed by atoms with E-state index in [2.05, 4.69) is 0 Å². The number of hydrogen-bond acceptors (Lipinski definition) is 9. The molecule has 0 aromatic rings.